The first-order valence-corrected chi connectivity index (χ1v) is 7.84. The summed E-state index contributed by atoms with van der Waals surface area (Å²) in [6, 6.07) is 16.2. The second kappa shape index (κ2) is 8.83. The average molecular weight is 314 g/mol. The SMILES string of the molecule is CCCCOc1ccc(C(=O)OC(C)Oc2ccccc2)cc1. The highest BCUT2D eigenvalue weighted by Gasteiger charge is 2.13. The van der Waals surface area contributed by atoms with Gasteiger partial charge in [-0.25, -0.2) is 4.79 Å². The Labute approximate surface area is 137 Å². The summed E-state index contributed by atoms with van der Waals surface area (Å²) >= 11 is 0. The van der Waals surface area contributed by atoms with Crippen molar-refractivity contribution in [3.63, 3.8) is 0 Å². The molecule has 4 nitrogen and oxygen atoms in total. The molecule has 0 amide bonds. The van der Waals surface area contributed by atoms with Gasteiger partial charge in [-0.1, -0.05) is 31.5 Å². The minimum Gasteiger partial charge on any atom is -0.494 e. The van der Waals surface area contributed by atoms with Crippen LogP contribution in [-0.2, 0) is 4.74 Å². The molecule has 2 aromatic rings. The fourth-order valence-electron chi connectivity index (χ4n) is 1.96. The van der Waals surface area contributed by atoms with Gasteiger partial charge in [0.15, 0.2) is 0 Å². The molecular weight excluding hydrogens is 292 g/mol. The molecule has 122 valence electrons. The number of ether oxygens (including phenoxy) is 3. The maximum absolute atomic E-state index is 12.1. The number of carbonyl (C=O) groups excluding carboxylic acids is 1. The number of unbranched alkanes of at least 4 members (excludes halogenated alkanes) is 1. The van der Waals surface area contributed by atoms with E-state index in [1.807, 2.05) is 30.3 Å². The van der Waals surface area contributed by atoms with Crippen molar-refractivity contribution in [3.8, 4) is 11.5 Å². The first-order valence-electron chi connectivity index (χ1n) is 7.84. The van der Waals surface area contributed by atoms with Crippen LogP contribution in [0.3, 0.4) is 0 Å². The summed E-state index contributed by atoms with van der Waals surface area (Å²) in [5.41, 5.74) is 0.469. The van der Waals surface area contributed by atoms with E-state index in [0.717, 1.165) is 18.6 Å². The summed E-state index contributed by atoms with van der Waals surface area (Å²) in [5.74, 6) is 0.990. The lowest BCUT2D eigenvalue weighted by Gasteiger charge is -2.15. The van der Waals surface area contributed by atoms with Gasteiger partial charge >= 0.3 is 5.97 Å². The fourth-order valence-corrected chi connectivity index (χ4v) is 1.96. The summed E-state index contributed by atoms with van der Waals surface area (Å²) in [7, 11) is 0. The molecule has 0 aliphatic carbocycles. The third kappa shape index (κ3) is 5.66. The normalized spacial score (nSPS) is 11.6. The van der Waals surface area contributed by atoms with E-state index < -0.39 is 12.3 Å². The lowest BCUT2D eigenvalue weighted by Crippen LogP contribution is -2.20. The van der Waals surface area contributed by atoms with Gasteiger partial charge in [0.05, 0.1) is 12.2 Å². The van der Waals surface area contributed by atoms with Crippen LogP contribution in [-0.4, -0.2) is 18.9 Å². The number of esters is 1. The van der Waals surface area contributed by atoms with E-state index in [2.05, 4.69) is 6.92 Å². The Hall–Kier alpha value is -2.49. The first-order chi connectivity index (χ1) is 11.2. The standard InChI is InChI=1S/C19H22O4/c1-3-4-14-21-17-12-10-16(11-13-17)19(20)23-15(2)22-18-8-6-5-7-9-18/h5-13,15H,3-4,14H2,1-2H3. The van der Waals surface area contributed by atoms with Crippen molar-refractivity contribution < 1.29 is 19.0 Å². The smallest absolute Gasteiger partial charge is 0.341 e. The molecular formula is C19H22O4. The topological polar surface area (TPSA) is 44.8 Å². The van der Waals surface area contributed by atoms with Crippen LogP contribution in [0, 0.1) is 0 Å². The van der Waals surface area contributed by atoms with Crippen LogP contribution in [0.4, 0.5) is 0 Å². The van der Waals surface area contributed by atoms with Crippen molar-refractivity contribution in [1.82, 2.24) is 0 Å². The molecule has 1 atom stereocenters. The summed E-state index contributed by atoms with van der Waals surface area (Å²) in [5, 5.41) is 0. The number of para-hydroxylation sites is 1. The van der Waals surface area contributed by atoms with Crippen molar-refractivity contribution >= 4 is 5.97 Å². The van der Waals surface area contributed by atoms with Gasteiger partial charge < -0.3 is 14.2 Å². The van der Waals surface area contributed by atoms with Crippen molar-refractivity contribution in [3.05, 3.63) is 60.2 Å². The highest BCUT2D eigenvalue weighted by atomic mass is 16.7. The minimum atomic E-state index is -0.662. The molecule has 0 N–H and O–H groups in total. The van der Waals surface area contributed by atoms with Crippen molar-refractivity contribution in [2.75, 3.05) is 6.61 Å². The van der Waals surface area contributed by atoms with E-state index in [4.69, 9.17) is 14.2 Å². The van der Waals surface area contributed by atoms with Gasteiger partial charge in [0, 0.05) is 6.92 Å². The molecule has 0 aliphatic heterocycles. The van der Waals surface area contributed by atoms with Crippen molar-refractivity contribution in [2.45, 2.75) is 33.0 Å². The maximum Gasteiger partial charge on any atom is 0.341 e. The highest BCUT2D eigenvalue weighted by molar-refractivity contribution is 5.89. The predicted molar refractivity (Wildman–Crippen MR) is 88.8 cm³/mol. The molecule has 0 aromatic heterocycles. The molecule has 1 unspecified atom stereocenters. The van der Waals surface area contributed by atoms with Crippen molar-refractivity contribution in [2.24, 2.45) is 0 Å². The van der Waals surface area contributed by atoms with Crippen LogP contribution in [0.25, 0.3) is 0 Å². The number of rotatable bonds is 8. The van der Waals surface area contributed by atoms with E-state index in [1.54, 1.807) is 31.2 Å². The van der Waals surface area contributed by atoms with E-state index in [0.29, 0.717) is 17.9 Å². The third-order valence-electron chi connectivity index (χ3n) is 3.17. The van der Waals surface area contributed by atoms with E-state index in [-0.39, 0.29) is 0 Å². The molecule has 23 heavy (non-hydrogen) atoms. The number of benzene rings is 2. The van der Waals surface area contributed by atoms with Gasteiger partial charge in [0.1, 0.15) is 11.5 Å². The summed E-state index contributed by atoms with van der Waals surface area (Å²) in [4.78, 5) is 12.1. The van der Waals surface area contributed by atoms with Gasteiger partial charge in [-0.3, -0.25) is 0 Å². The summed E-state index contributed by atoms with van der Waals surface area (Å²) in [6.45, 7) is 4.48. The lowest BCUT2D eigenvalue weighted by molar-refractivity contribution is -0.0371. The molecule has 0 saturated carbocycles. The monoisotopic (exact) mass is 314 g/mol. The Balaban J connectivity index is 1.85. The lowest BCUT2D eigenvalue weighted by atomic mass is 10.2. The Morgan fingerprint density at radius 3 is 2.35 bits per heavy atom. The molecule has 0 bridgehead atoms. The molecule has 2 rings (SSSR count). The predicted octanol–water partition coefficient (Wildman–Crippen LogP) is 4.45. The van der Waals surface area contributed by atoms with Crippen LogP contribution in [0.2, 0.25) is 0 Å². The molecule has 0 heterocycles. The van der Waals surface area contributed by atoms with Crippen LogP contribution in [0.5, 0.6) is 11.5 Å². The Morgan fingerprint density at radius 1 is 1.00 bits per heavy atom. The second-order valence-electron chi connectivity index (χ2n) is 5.13. The van der Waals surface area contributed by atoms with E-state index in [9.17, 15) is 4.79 Å². The fraction of sp³-hybridized carbons (Fsp3) is 0.316. The highest BCUT2D eigenvalue weighted by Crippen LogP contribution is 2.15. The minimum absolute atomic E-state index is 0.423. The molecule has 0 radical (unpaired) electrons. The Kier molecular flexibility index (Phi) is 6.48. The molecule has 0 aliphatic rings. The number of carbonyl (C=O) groups is 1. The third-order valence-corrected chi connectivity index (χ3v) is 3.17. The molecule has 2 aromatic carbocycles. The Bertz CT molecular complexity index is 593. The largest absolute Gasteiger partial charge is 0.494 e. The molecule has 0 fully saturated rings. The van der Waals surface area contributed by atoms with Crippen LogP contribution in [0.15, 0.2) is 54.6 Å². The zero-order chi connectivity index (χ0) is 16.5. The summed E-state index contributed by atoms with van der Waals surface area (Å²) in [6.07, 6.45) is 1.44. The van der Waals surface area contributed by atoms with Gasteiger partial charge in [-0.2, -0.15) is 0 Å². The molecule has 4 heteroatoms. The maximum atomic E-state index is 12.1. The van der Waals surface area contributed by atoms with E-state index >= 15 is 0 Å². The first kappa shape index (κ1) is 16.9. The second-order valence-corrected chi connectivity index (χ2v) is 5.13. The van der Waals surface area contributed by atoms with Gasteiger partial charge in [0.25, 0.3) is 0 Å². The zero-order valence-electron chi connectivity index (χ0n) is 13.5. The van der Waals surface area contributed by atoms with Gasteiger partial charge in [-0.05, 0) is 42.8 Å². The van der Waals surface area contributed by atoms with Crippen molar-refractivity contribution in [1.29, 1.82) is 0 Å². The van der Waals surface area contributed by atoms with Crippen LogP contribution in [0.1, 0.15) is 37.0 Å². The number of hydrogen-bond acceptors (Lipinski definition) is 4. The van der Waals surface area contributed by atoms with Crippen LogP contribution >= 0.6 is 0 Å². The van der Waals surface area contributed by atoms with E-state index in [1.165, 1.54) is 0 Å². The zero-order valence-corrected chi connectivity index (χ0v) is 13.5. The van der Waals surface area contributed by atoms with Crippen LogP contribution < -0.4 is 9.47 Å². The van der Waals surface area contributed by atoms with Gasteiger partial charge in [-0.15, -0.1) is 0 Å². The average Bonchev–Trinajstić information content (AvgIpc) is 2.56. The Morgan fingerprint density at radius 2 is 1.70 bits per heavy atom. The molecule has 0 spiro atoms. The van der Waals surface area contributed by atoms with Gasteiger partial charge in [0.2, 0.25) is 6.29 Å². The molecule has 0 saturated heterocycles. The summed E-state index contributed by atoms with van der Waals surface area (Å²) < 4.78 is 16.4. The quantitative estimate of drug-likeness (QED) is 0.410. The number of hydrogen-bond donors (Lipinski definition) is 0.